The van der Waals surface area contributed by atoms with Crippen LogP contribution in [0.2, 0.25) is 5.02 Å². The molecule has 112 valence electrons. The number of hydrogen-bond acceptors (Lipinski definition) is 3. The molecule has 0 saturated carbocycles. The van der Waals surface area contributed by atoms with E-state index in [4.69, 9.17) is 16.0 Å². The first-order valence-electron chi connectivity index (χ1n) is 6.45. The largest absolute Gasteiger partial charge is 0.444 e. The Kier molecular flexibility index (Phi) is 4.31. The Balaban J connectivity index is 1.78. The average molecular weight is 381 g/mol. The van der Waals surface area contributed by atoms with Crippen LogP contribution in [0.4, 0.5) is 5.82 Å². The van der Waals surface area contributed by atoms with Gasteiger partial charge in [0, 0.05) is 11.1 Å². The van der Waals surface area contributed by atoms with E-state index in [9.17, 15) is 4.79 Å². The van der Waals surface area contributed by atoms with Gasteiger partial charge in [-0.3, -0.25) is 4.79 Å². The maximum Gasteiger partial charge on any atom is 0.292 e. The molecule has 0 atom stereocenters. The number of anilines is 1. The number of amides is 1. The van der Waals surface area contributed by atoms with Crippen molar-refractivity contribution in [2.24, 2.45) is 0 Å². The normalized spacial score (nSPS) is 10.6. The number of rotatable bonds is 4. The van der Waals surface area contributed by atoms with Crippen LogP contribution in [-0.4, -0.2) is 15.7 Å². The molecule has 0 bridgehead atoms. The quantitative estimate of drug-likeness (QED) is 0.738. The number of carbonyl (C=O) groups excluding carboxylic acids is 1. The third-order valence-electron chi connectivity index (χ3n) is 3.03. The molecule has 0 spiro atoms. The van der Waals surface area contributed by atoms with Gasteiger partial charge in [-0.15, -0.1) is 0 Å². The van der Waals surface area contributed by atoms with Crippen molar-refractivity contribution in [3.8, 4) is 0 Å². The molecule has 1 aromatic carbocycles. The summed E-state index contributed by atoms with van der Waals surface area (Å²) in [5.74, 6) is 0.446. The van der Waals surface area contributed by atoms with Gasteiger partial charge in [-0.25, -0.2) is 4.68 Å². The van der Waals surface area contributed by atoms with Crippen molar-refractivity contribution in [1.82, 2.24) is 9.78 Å². The van der Waals surface area contributed by atoms with Crippen LogP contribution in [0.15, 0.2) is 57.7 Å². The molecule has 3 rings (SSSR count). The van der Waals surface area contributed by atoms with Crippen LogP contribution in [0, 0.1) is 0 Å². The van der Waals surface area contributed by atoms with Crippen molar-refractivity contribution in [2.45, 2.75) is 6.54 Å². The van der Waals surface area contributed by atoms with Gasteiger partial charge in [0.1, 0.15) is 5.82 Å². The Bertz CT molecular complexity index is 812. The smallest absolute Gasteiger partial charge is 0.292 e. The lowest BCUT2D eigenvalue weighted by Crippen LogP contribution is -2.15. The minimum Gasteiger partial charge on any atom is -0.444 e. The lowest BCUT2D eigenvalue weighted by atomic mass is 10.2. The molecule has 2 aromatic heterocycles. The van der Waals surface area contributed by atoms with Gasteiger partial charge in [0.05, 0.1) is 12.7 Å². The molecule has 0 aliphatic rings. The van der Waals surface area contributed by atoms with Crippen molar-refractivity contribution >= 4 is 39.3 Å². The summed E-state index contributed by atoms with van der Waals surface area (Å²) in [5.41, 5.74) is 0.920. The molecule has 0 radical (unpaired) electrons. The minimum absolute atomic E-state index is 0.220. The van der Waals surface area contributed by atoms with Crippen molar-refractivity contribution in [3.63, 3.8) is 0 Å². The number of hydrogen-bond donors (Lipinski definition) is 1. The van der Waals surface area contributed by atoms with Gasteiger partial charge in [0.25, 0.3) is 5.91 Å². The minimum atomic E-state index is -0.341. The Hall–Kier alpha value is -2.05. The standard InChI is InChI=1S/C15H11BrClN3O2/c16-13-6-5-12(22-13)15(21)19-14-7-8-18-20(14)9-10-3-1-2-4-11(10)17/h1-8H,9H2,(H,19,21). The van der Waals surface area contributed by atoms with E-state index in [1.165, 1.54) is 0 Å². The summed E-state index contributed by atoms with van der Waals surface area (Å²) in [6.07, 6.45) is 1.62. The summed E-state index contributed by atoms with van der Waals surface area (Å²) in [5, 5.41) is 7.63. The summed E-state index contributed by atoms with van der Waals surface area (Å²) < 4.78 is 7.39. The zero-order chi connectivity index (χ0) is 15.5. The van der Waals surface area contributed by atoms with E-state index in [1.807, 2.05) is 24.3 Å². The SMILES string of the molecule is O=C(Nc1ccnn1Cc1ccccc1Cl)c1ccc(Br)o1. The second-order valence-electron chi connectivity index (χ2n) is 4.52. The number of furan rings is 1. The summed E-state index contributed by atoms with van der Waals surface area (Å²) in [7, 11) is 0. The molecule has 2 heterocycles. The predicted molar refractivity (Wildman–Crippen MR) is 87.1 cm³/mol. The highest BCUT2D eigenvalue weighted by Crippen LogP contribution is 2.19. The van der Waals surface area contributed by atoms with E-state index < -0.39 is 0 Å². The summed E-state index contributed by atoms with van der Waals surface area (Å²) in [6.45, 7) is 0.462. The van der Waals surface area contributed by atoms with Crippen LogP contribution in [0.5, 0.6) is 0 Å². The molecule has 3 aromatic rings. The van der Waals surface area contributed by atoms with Crippen molar-refractivity contribution in [2.75, 3.05) is 5.32 Å². The van der Waals surface area contributed by atoms with Gasteiger partial charge in [-0.2, -0.15) is 5.10 Å². The summed E-state index contributed by atoms with van der Waals surface area (Å²) in [4.78, 5) is 12.1. The Morgan fingerprint density at radius 3 is 2.82 bits per heavy atom. The molecular weight excluding hydrogens is 370 g/mol. The number of nitrogens with one attached hydrogen (secondary N) is 1. The topological polar surface area (TPSA) is 60.1 Å². The fourth-order valence-electron chi connectivity index (χ4n) is 1.97. The average Bonchev–Trinajstić information content (AvgIpc) is 3.11. The van der Waals surface area contributed by atoms with Crippen LogP contribution in [0.1, 0.15) is 16.1 Å². The number of aromatic nitrogens is 2. The van der Waals surface area contributed by atoms with Gasteiger partial charge in [-0.05, 0) is 39.7 Å². The van der Waals surface area contributed by atoms with E-state index in [0.29, 0.717) is 22.1 Å². The second-order valence-corrected chi connectivity index (χ2v) is 5.71. The maximum absolute atomic E-state index is 12.1. The molecule has 1 amide bonds. The number of carbonyl (C=O) groups is 1. The molecule has 0 aliphatic heterocycles. The number of benzene rings is 1. The van der Waals surface area contributed by atoms with Crippen LogP contribution >= 0.6 is 27.5 Å². The summed E-state index contributed by atoms with van der Waals surface area (Å²) in [6, 6.07) is 12.5. The van der Waals surface area contributed by atoms with E-state index in [-0.39, 0.29) is 11.7 Å². The molecule has 7 heteroatoms. The van der Waals surface area contributed by atoms with Crippen LogP contribution in [0.25, 0.3) is 0 Å². The Labute approximate surface area is 140 Å². The van der Waals surface area contributed by atoms with Gasteiger partial charge in [-0.1, -0.05) is 29.8 Å². The Morgan fingerprint density at radius 1 is 1.27 bits per heavy atom. The second kappa shape index (κ2) is 6.37. The van der Waals surface area contributed by atoms with Crippen LogP contribution in [-0.2, 0) is 6.54 Å². The number of nitrogens with zero attached hydrogens (tertiary/aromatic N) is 2. The van der Waals surface area contributed by atoms with Gasteiger partial charge >= 0.3 is 0 Å². The molecule has 0 aliphatic carbocycles. The maximum atomic E-state index is 12.1. The Morgan fingerprint density at radius 2 is 2.09 bits per heavy atom. The lowest BCUT2D eigenvalue weighted by molar-refractivity contribution is 0.0994. The molecule has 0 fully saturated rings. The highest BCUT2D eigenvalue weighted by molar-refractivity contribution is 9.10. The fourth-order valence-corrected chi connectivity index (χ4v) is 2.47. The lowest BCUT2D eigenvalue weighted by Gasteiger charge is -2.09. The van der Waals surface area contributed by atoms with Gasteiger partial charge < -0.3 is 9.73 Å². The monoisotopic (exact) mass is 379 g/mol. The molecule has 5 nitrogen and oxygen atoms in total. The zero-order valence-corrected chi connectivity index (χ0v) is 13.6. The molecule has 0 saturated heterocycles. The van der Waals surface area contributed by atoms with Crippen molar-refractivity contribution in [3.05, 3.63) is 69.7 Å². The van der Waals surface area contributed by atoms with Crippen molar-refractivity contribution in [1.29, 1.82) is 0 Å². The van der Waals surface area contributed by atoms with Crippen molar-refractivity contribution < 1.29 is 9.21 Å². The first-order valence-corrected chi connectivity index (χ1v) is 7.62. The van der Waals surface area contributed by atoms with E-state index >= 15 is 0 Å². The fraction of sp³-hybridized carbons (Fsp3) is 0.0667. The molecule has 1 N–H and O–H groups in total. The molecular formula is C15H11BrClN3O2. The van der Waals surface area contributed by atoms with E-state index in [0.717, 1.165) is 5.56 Å². The first kappa shape index (κ1) is 14.9. The third-order valence-corrected chi connectivity index (χ3v) is 3.83. The highest BCUT2D eigenvalue weighted by atomic mass is 79.9. The zero-order valence-electron chi connectivity index (χ0n) is 11.3. The number of halogens is 2. The van der Waals surface area contributed by atoms with Crippen LogP contribution < -0.4 is 5.32 Å². The highest BCUT2D eigenvalue weighted by Gasteiger charge is 2.13. The first-order chi connectivity index (χ1) is 10.6. The van der Waals surface area contributed by atoms with E-state index in [1.54, 1.807) is 29.1 Å². The molecule has 0 unspecified atom stereocenters. The third kappa shape index (κ3) is 3.23. The van der Waals surface area contributed by atoms with Crippen LogP contribution in [0.3, 0.4) is 0 Å². The summed E-state index contributed by atoms with van der Waals surface area (Å²) >= 11 is 9.32. The van der Waals surface area contributed by atoms with Gasteiger partial charge in [0.2, 0.25) is 0 Å². The predicted octanol–water partition coefficient (Wildman–Crippen LogP) is 4.19. The molecule has 22 heavy (non-hydrogen) atoms. The van der Waals surface area contributed by atoms with Gasteiger partial charge in [0.15, 0.2) is 10.4 Å². The van der Waals surface area contributed by atoms with E-state index in [2.05, 4.69) is 26.3 Å².